The van der Waals surface area contributed by atoms with Gasteiger partial charge in [-0.1, -0.05) is 48.5 Å². The van der Waals surface area contributed by atoms with E-state index in [4.69, 9.17) is 4.98 Å². The first-order valence-corrected chi connectivity index (χ1v) is 10.2. The van der Waals surface area contributed by atoms with Gasteiger partial charge in [0.05, 0.1) is 11.7 Å². The standard InChI is InChI=1S/C25H25FN2O/c26-21-10-4-9-20(17-21)18-22-11-5-12-23(27-22)24-13-6-16-28(24)25(29)15-14-19-7-2-1-3-8-19/h1-5,7-12,17,24H,6,13-16,18H2/t24-/m1/s1. The number of aryl methyl sites for hydroxylation is 1. The third-order valence-corrected chi connectivity index (χ3v) is 5.49. The van der Waals surface area contributed by atoms with Gasteiger partial charge in [0.2, 0.25) is 5.91 Å². The average Bonchev–Trinajstić information content (AvgIpc) is 3.23. The van der Waals surface area contributed by atoms with Crippen molar-refractivity contribution in [1.82, 2.24) is 9.88 Å². The number of carbonyl (C=O) groups excluding carboxylic acids is 1. The zero-order chi connectivity index (χ0) is 20.1. The largest absolute Gasteiger partial charge is 0.334 e. The number of nitrogens with zero attached hydrogens (tertiary/aromatic N) is 2. The predicted octanol–water partition coefficient (Wildman–Crippen LogP) is 5.11. The number of likely N-dealkylation sites (tertiary alicyclic amines) is 1. The fraction of sp³-hybridized carbons (Fsp3) is 0.280. The third-order valence-electron chi connectivity index (χ3n) is 5.49. The summed E-state index contributed by atoms with van der Waals surface area (Å²) in [6, 6.07) is 22.7. The Morgan fingerprint density at radius 3 is 2.62 bits per heavy atom. The van der Waals surface area contributed by atoms with E-state index in [1.165, 1.54) is 11.6 Å². The monoisotopic (exact) mass is 388 g/mol. The molecule has 2 aromatic carbocycles. The van der Waals surface area contributed by atoms with Gasteiger partial charge in [0.25, 0.3) is 0 Å². The lowest BCUT2D eigenvalue weighted by atomic mass is 10.1. The summed E-state index contributed by atoms with van der Waals surface area (Å²) in [5.41, 5.74) is 3.92. The van der Waals surface area contributed by atoms with Gasteiger partial charge in [-0.3, -0.25) is 9.78 Å². The Kier molecular flexibility index (Phi) is 5.99. The van der Waals surface area contributed by atoms with Gasteiger partial charge in [-0.25, -0.2) is 4.39 Å². The molecule has 1 atom stereocenters. The minimum absolute atomic E-state index is 0.0331. The minimum atomic E-state index is -0.232. The van der Waals surface area contributed by atoms with Crippen LogP contribution in [0.3, 0.4) is 0 Å². The second-order valence-corrected chi connectivity index (χ2v) is 7.59. The topological polar surface area (TPSA) is 33.2 Å². The summed E-state index contributed by atoms with van der Waals surface area (Å²) in [4.78, 5) is 19.7. The van der Waals surface area contributed by atoms with Gasteiger partial charge < -0.3 is 4.90 Å². The van der Waals surface area contributed by atoms with E-state index in [0.717, 1.165) is 42.8 Å². The predicted molar refractivity (Wildman–Crippen MR) is 112 cm³/mol. The van der Waals surface area contributed by atoms with E-state index < -0.39 is 0 Å². The first-order chi connectivity index (χ1) is 14.2. The van der Waals surface area contributed by atoms with Gasteiger partial charge in [-0.15, -0.1) is 0 Å². The Morgan fingerprint density at radius 1 is 1.00 bits per heavy atom. The van der Waals surface area contributed by atoms with Crippen LogP contribution in [0.2, 0.25) is 0 Å². The number of amides is 1. The number of hydrogen-bond donors (Lipinski definition) is 0. The van der Waals surface area contributed by atoms with Crippen LogP contribution in [0.4, 0.5) is 4.39 Å². The number of hydrogen-bond acceptors (Lipinski definition) is 2. The average molecular weight is 388 g/mol. The highest BCUT2D eigenvalue weighted by Crippen LogP contribution is 2.31. The molecule has 0 bridgehead atoms. The summed E-state index contributed by atoms with van der Waals surface area (Å²) < 4.78 is 13.5. The first kappa shape index (κ1) is 19.3. The summed E-state index contributed by atoms with van der Waals surface area (Å²) in [6.45, 7) is 0.786. The molecule has 1 amide bonds. The molecule has 0 saturated carbocycles. The Labute approximate surface area is 171 Å². The van der Waals surface area contributed by atoms with Gasteiger partial charge in [-0.05, 0) is 54.7 Å². The number of rotatable bonds is 6. The Morgan fingerprint density at radius 2 is 1.79 bits per heavy atom. The Hall–Kier alpha value is -3.01. The van der Waals surface area contributed by atoms with Crippen LogP contribution in [-0.2, 0) is 17.6 Å². The number of carbonyl (C=O) groups is 1. The number of benzene rings is 2. The van der Waals surface area contributed by atoms with E-state index in [-0.39, 0.29) is 17.8 Å². The maximum atomic E-state index is 13.5. The van der Waals surface area contributed by atoms with Gasteiger partial charge in [-0.2, -0.15) is 0 Å². The molecule has 0 spiro atoms. The van der Waals surface area contributed by atoms with Crippen LogP contribution in [-0.4, -0.2) is 22.3 Å². The molecule has 1 fully saturated rings. The lowest BCUT2D eigenvalue weighted by Gasteiger charge is -2.25. The van der Waals surface area contributed by atoms with Gasteiger partial charge in [0, 0.05) is 25.1 Å². The second-order valence-electron chi connectivity index (χ2n) is 7.59. The maximum Gasteiger partial charge on any atom is 0.223 e. The van der Waals surface area contributed by atoms with Crippen molar-refractivity contribution in [2.75, 3.05) is 6.54 Å². The maximum absolute atomic E-state index is 13.5. The van der Waals surface area contributed by atoms with Crippen molar-refractivity contribution in [1.29, 1.82) is 0 Å². The van der Waals surface area contributed by atoms with Crippen molar-refractivity contribution < 1.29 is 9.18 Å². The summed E-state index contributed by atoms with van der Waals surface area (Å²) >= 11 is 0. The van der Waals surface area contributed by atoms with E-state index in [0.29, 0.717) is 12.8 Å². The van der Waals surface area contributed by atoms with E-state index in [1.807, 2.05) is 47.4 Å². The molecule has 0 aliphatic carbocycles. The van der Waals surface area contributed by atoms with Crippen molar-refractivity contribution in [3.8, 4) is 0 Å². The molecule has 0 radical (unpaired) electrons. The number of pyridine rings is 1. The van der Waals surface area contributed by atoms with E-state index >= 15 is 0 Å². The number of aromatic nitrogens is 1. The van der Waals surface area contributed by atoms with E-state index in [9.17, 15) is 9.18 Å². The van der Waals surface area contributed by atoms with Crippen molar-refractivity contribution in [2.24, 2.45) is 0 Å². The summed E-state index contributed by atoms with van der Waals surface area (Å²) in [7, 11) is 0. The Bertz CT molecular complexity index is 973. The highest BCUT2D eigenvalue weighted by atomic mass is 19.1. The van der Waals surface area contributed by atoms with Crippen molar-refractivity contribution in [3.05, 3.63) is 101 Å². The summed E-state index contributed by atoms with van der Waals surface area (Å²) in [5, 5.41) is 0. The Balaban J connectivity index is 1.44. The SMILES string of the molecule is O=C(CCc1ccccc1)N1CCC[C@@H]1c1cccc(Cc2cccc(F)c2)n1. The molecule has 1 saturated heterocycles. The summed E-state index contributed by atoms with van der Waals surface area (Å²) in [6.07, 6.45) is 3.80. The van der Waals surface area contributed by atoms with Crippen LogP contribution < -0.4 is 0 Å². The zero-order valence-corrected chi connectivity index (χ0v) is 16.4. The van der Waals surface area contributed by atoms with Gasteiger partial charge >= 0.3 is 0 Å². The molecule has 3 nitrogen and oxygen atoms in total. The highest BCUT2D eigenvalue weighted by molar-refractivity contribution is 5.77. The molecule has 2 heterocycles. The van der Waals surface area contributed by atoms with Crippen LogP contribution in [0.5, 0.6) is 0 Å². The molecule has 1 aromatic heterocycles. The molecule has 29 heavy (non-hydrogen) atoms. The molecule has 0 N–H and O–H groups in total. The molecule has 4 rings (SSSR count). The van der Waals surface area contributed by atoms with Crippen molar-refractivity contribution >= 4 is 5.91 Å². The van der Waals surface area contributed by atoms with Crippen LogP contribution >= 0.6 is 0 Å². The molecule has 1 aliphatic rings. The van der Waals surface area contributed by atoms with Crippen molar-refractivity contribution in [2.45, 2.75) is 38.1 Å². The van der Waals surface area contributed by atoms with Crippen LogP contribution in [0.25, 0.3) is 0 Å². The van der Waals surface area contributed by atoms with E-state index in [2.05, 4.69) is 12.1 Å². The van der Waals surface area contributed by atoms with Gasteiger partial charge in [0.1, 0.15) is 5.82 Å². The van der Waals surface area contributed by atoms with E-state index in [1.54, 1.807) is 12.1 Å². The molecule has 3 aromatic rings. The highest BCUT2D eigenvalue weighted by Gasteiger charge is 2.30. The van der Waals surface area contributed by atoms with Gasteiger partial charge in [0.15, 0.2) is 0 Å². The van der Waals surface area contributed by atoms with Crippen molar-refractivity contribution in [3.63, 3.8) is 0 Å². The molecular formula is C25H25FN2O. The lowest BCUT2D eigenvalue weighted by Crippen LogP contribution is -2.31. The van der Waals surface area contributed by atoms with Crippen LogP contribution in [0, 0.1) is 5.82 Å². The third kappa shape index (κ3) is 4.89. The fourth-order valence-electron chi connectivity index (χ4n) is 4.05. The lowest BCUT2D eigenvalue weighted by molar-refractivity contribution is -0.132. The number of halogens is 1. The fourth-order valence-corrected chi connectivity index (χ4v) is 4.05. The first-order valence-electron chi connectivity index (χ1n) is 10.2. The molecule has 4 heteroatoms. The quantitative estimate of drug-likeness (QED) is 0.588. The van der Waals surface area contributed by atoms with Crippen LogP contribution in [0.1, 0.15) is 47.8 Å². The van der Waals surface area contributed by atoms with Crippen LogP contribution in [0.15, 0.2) is 72.8 Å². The summed E-state index contributed by atoms with van der Waals surface area (Å²) in [5.74, 6) is -0.0432. The normalized spacial score (nSPS) is 16.2. The second kappa shape index (κ2) is 8.99. The smallest absolute Gasteiger partial charge is 0.223 e. The minimum Gasteiger partial charge on any atom is -0.334 e. The molecule has 1 aliphatic heterocycles. The molecule has 148 valence electrons. The zero-order valence-electron chi connectivity index (χ0n) is 16.4. The molecular weight excluding hydrogens is 363 g/mol. The molecule has 0 unspecified atom stereocenters.